The van der Waals surface area contributed by atoms with Gasteiger partial charge in [-0.15, -0.1) is 0 Å². The lowest BCUT2D eigenvalue weighted by Gasteiger charge is -2.25. The molecule has 176 valence electrons. The van der Waals surface area contributed by atoms with E-state index in [-0.39, 0.29) is 11.3 Å². The van der Waals surface area contributed by atoms with E-state index >= 15 is 0 Å². The molecule has 1 aromatic heterocycles. The largest absolute Gasteiger partial charge is 0.507 e. The SMILES string of the molecule is CCCOc1ccc(C(O)=C2C(=O)C(=O)N(CCCn3ccnc3)[C@@H]2c2ccc(C)cc2)cc1. The number of likely N-dealkylation sites (tertiary alicyclic amines) is 1. The third kappa shape index (κ3) is 4.88. The van der Waals surface area contributed by atoms with Crippen molar-refractivity contribution in [2.45, 2.75) is 39.3 Å². The predicted molar refractivity (Wildman–Crippen MR) is 129 cm³/mol. The van der Waals surface area contributed by atoms with Crippen LogP contribution in [0.3, 0.4) is 0 Å². The second-order valence-corrected chi connectivity index (χ2v) is 8.43. The summed E-state index contributed by atoms with van der Waals surface area (Å²) in [6, 6.07) is 14.0. The van der Waals surface area contributed by atoms with Crippen molar-refractivity contribution in [1.29, 1.82) is 0 Å². The number of aryl methyl sites for hydroxylation is 2. The minimum atomic E-state index is -0.669. The van der Waals surface area contributed by atoms with Crippen LogP contribution in [-0.4, -0.2) is 44.4 Å². The van der Waals surface area contributed by atoms with Crippen molar-refractivity contribution in [3.8, 4) is 5.75 Å². The maximum absolute atomic E-state index is 13.1. The van der Waals surface area contributed by atoms with Crippen molar-refractivity contribution >= 4 is 17.4 Å². The first kappa shape index (κ1) is 23.3. The van der Waals surface area contributed by atoms with E-state index in [9.17, 15) is 14.7 Å². The van der Waals surface area contributed by atoms with Gasteiger partial charge in [-0.25, -0.2) is 4.98 Å². The molecular weight excluding hydrogens is 430 g/mol. The van der Waals surface area contributed by atoms with Crippen molar-refractivity contribution in [2.75, 3.05) is 13.2 Å². The van der Waals surface area contributed by atoms with Crippen molar-refractivity contribution in [3.05, 3.63) is 89.5 Å². The molecule has 4 rings (SSSR count). The fourth-order valence-corrected chi connectivity index (χ4v) is 4.13. The standard InChI is InChI=1S/C27H29N3O4/c1-3-17-34-22-11-9-21(10-12-22)25(31)23-24(20-7-5-19(2)6-8-20)30(27(33)26(23)32)15-4-14-29-16-13-28-18-29/h5-13,16,18,24,31H,3-4,14-15,17H2,1-2H3/t24-/m1/s1. The van der Waals surface area contributed by atoms with Gasteiger partial charge in [-0.2, -0.15) is 0 Å². The Morgan fingerprint density at radius 1 is 1.06 bits per heavy atom. The van der Waals surface area contributed by atoms with E-state index in [1.54, 1.807) is 41.7 Å². The minimum Gasteiger partial charge on any atom is -0.507 e. The zero-order chi connectivity index (χ0) is 24.1. The molecule has 0 spiro atoms. The summed E-state index contributed by atoms with van der Waals surface area (Å²) in [4.78, 5) is 31.8. The van der Waals surface area contributed by atoms with E-state index in [0.29, 0.717) is 37.4 Å². The van der Waals surface area contributed by atoms with Crippen LogP contribution in [-0.2, 0) is 16.1 Å². The Hall–Kier alpha value is -3.87. The average molecular weight is 460 g/mol. The highest BCUT2D eigenvalue weighted by atomic mass is 16.5. The zero-order valence-electron chi connectivity index (χ0n) is 19.5. The smallest absolute Gasteiger partial charge is 0.295 e. The number of benzene rings is 2. The summed E-state index contributed by atoms with van der Waals surface area (Å²) >= 11 is 0. The molecule has 1 aliphatic rings. The molecule has 1 atom stereocenters. The molecule has 1 saturated heterocycles. The Morgan fingerprint density at radius 2 is 1.79 bits per heavy atom. The van der Waals surface area contributed by atoms with Crippen LogP contribution in [0, 0.1) is 6.92 Å². The lowest BCUT2D eigenvalue weighted by molar-refractivity contribution is -0.139. The van der Waals surface area contributed by atoms with Crippen LogP contribution in [0.15, 0.2) is 72.8 Å². The molecule has 34 heavy (non-hydrogen) atoms. The third-order valence-electron chi connectivity index (χ3n) is 5.91. The highest BCUT2D eigenvalue weighted by molar-refractivity contribution is 6.46. The van der Waals surface area contributed by atoms with Gasteiger partial charge in [-0.05, 0) is 49.6 Å². The number of nitrogens with zero attached hydrogens (tertiary/aromatic N) is 3. The van der Waals surface area contributed by atoms with Crippen molar-refractivity contribution < 1.29 is 19.4 Å². The van der Waals surface area contributed by atoms with Gasteiger partial charge in [0.1, 0.15) is 11.5 Å². The first-order valence-electron chi connectivity index (χ1n) is 11.5. The lowest BCUT2D eigenvalue weighted by Crippen LogP contribution is -2.31. The number of aromatic nitrogens is 2. The lowest BCUT2D eigenvalue weighted by atomic mass is 9.94. The van der Waals surface area contributed by atoms with E-state index in [1.807, 2.05) is 48.9 Å². The van der Waals surface area contributed by atoms with E-state index in [1.165, 1.54) is 0 Å². The molecule has 1 fully saturated rings. The van der Waals surface area contributed by atoms with Crippen molar-refractivity contribution in [3.63, 3.8) is 0 Å². The Balaban J connectivity index is 1.67. The van der Waals surface area contributed by atoms with Crippen LogP contribution >= 0.6 is 0 Å². The molecule has 3 aromatic rings. The number of imidazole rings is 1. The Bertz CT molecular complexity index is 1170. The maximum atomic E-state index is 13.1. The molecule has 0 unspecified atom stereocenters. The summed E-state index contributed by atoms with van der Waals surface area (Å²) in [5, 5.41) is 11.2. The fourth-order valence-electron chi connectivity index (χ4n) is 4.13. The maximum Gasteiger partial charge on any atom is 0.295 e. The first-order chi connectivity index (χ1) is 16.5. The van der Waals surface area contributed by atoms with Gasteiger partial charge in [0.05, 0.1) is 24.5 Å². The summed E-state index contributed by atoms with van der Waals surface area (Å²) in [6.45, 7) is 5.65. The number of hydrogen-bond donors (Lipinski definition) is 1. The summed E-state index contributed by atoms with van der Waals surface area (Å²) in [5.41, 5.74) is 2.44. The van der Waals surface area contributed by atoms with Crippen LogP contribution < -0.4 is 4.74 Å². The average Bonchev–Trinajstić information content (AvgIpc) is 3.45. The summed E-state index contributed by atoms with van der Waals surface area (Å²) in [7, 11) is 0. The third-order valence-corrected chi connectivity index (χ3v) is 5.91. The number of carbonyl (C=O) groups is 2. The molecule has 2 aromatic carbocycles. The van der Waals surface area contributed by atoms with Crippen LogP contribution in [0.5, 0.6) is 5.75 Å². The molecule has 7 heteroatoms. The fraction of sp³-hybridized carbons (Fsp3) is 0.296. The van der Waals surface area contributed by atoms with Crippen LogP contribution in [0.4, 0.5) is 0 Å². The van der Waals surface area contributed by atoms with Gasteiger partial charge in [0.15, 0.2) is 0 Å². The second-order valence-electron chi connectivity index (χ2n) is 8.43. The van der Waals surface area contributed by atoms with Gasteiger partial charge in [-0.3, -0.25) is 9.59 Å². The number of Topliss-reactive ketones (excluding diaryl/α,β-unsaturated/α-hetero) is 1. The second kappa shape index (κ2) is 10.4. The van der Waals surface area contributed by atoms with Crippen LogP contribution in [0.25, 0.3) is 5.76 Å². The molecule has 0 radical (unpaired) electrons. The predicted octanol–water partition coefficient (Wildman–Crippen LogP) is 4.49. The highest BCUT2D eigenvalue weighted by Crippen LogP contribution is 2.39. The van der Waals surface area contributed by atoms with Gasteiger partial charge >= 0.3 is 0 Å². The Labute approximate surface area is 199 Å². The number of aliphatic hydroxyl groups excluding tert-OH is 1. The van der Waals surface area contributed by atoms with Gasteiger partial charge in [0.25, 0.3) is 11.7 Å². The quantitative estimate of drug-likeness (QED) is 0.289. The van der Waals surface area contributed by atoms with Crippen LogP contribution in [0.2, 0.25) is 0 Å². The molecule has 1 amide bonds. The van der Waals surface area contributed by atoms with E-state index in [0.717, 1.165) is 17.5 Å². The van der Waals surface area contributed by atoms with Gasteiger partial charge in [-0.1, -0.05) is 36.8 Å². The molecule has 1 N–H and O–H groups in total. The first-order valence-corrected chi connectivity index (χ1v) is 11.5. The molecular formula is C27H29N3O4. The van der Waals surface area contributed by atoms with E-state index < -0.39 is 17.7 Å². The molecule has 0 aliphatic carbocycles. The number of rotatable bonds is 9. The Morgan fingerprint density at radius 3 is 2.44 bits per heavy atom. The number of ether oxygens (including phenoxy) is 1. The molecule has 1 aliphatic heterocycles. The van der Waals surface area contributed by atoms with Crippen molar-refractivity contribution in [2.24, 2.45) is 0 Å². The van der Waals surface area contributed by atoms with E-state index in [4.69, 9.17) is 4.74 Å². The normalized spacial score (nSPS) is 17.4. The number of carbonyl (C=O) groups excluding carboxylic acids is 2. The molecule has 0 bridgehead atoms. The molecule has 7 nitrogen and oxygen atoms in total. The van der Waals surface area contributed by atoms with E-state index in [2.05, 4.69) is 4.98 Å². The molecule has 2 heterocycles. The number of aliphatic hydroxyl groups is 1. The van der Waals surface area contributed by atoms with Crippen molar-refractivity contribution in [1.82, 2.24) is 14.5 Å². The number of hydrogen-bond acceptors (Lipinski definition) is 5. The van der Waals surface area contributed by atoms with Gasteiger partial charge in [0.2, 0.25) is 0 Å². The minimum absolute atomic E-state index is 0.110. The van der Waals surface area contributed by atoms with Crippen LogP contribution in [0.1, 0.15) is 42.5 Å². The number of amides is 1. The Kier molecular flexibility index (Phi) is 7.11. The monoisotopic (exact) mass is 459 g/mol. The topological polar surface area (TPSA) is 84.7 Å². The number of ketones is 1. The van der Waals surface area contributed by atoms with Gasteiger partial charge < -0.3 is 19.3 Å². The van der Waals surface area contributed by atoms with Gasteiger partial charge in [0, 0.05) is 31.0 Å². The summed E-state index contributed by atoms with van der Waals surface area (Å²) < 4.78 is 7.54. The zero-order valence-corrected chi connectivity index (χ0v) is 19.5. The molecule has 0 saturated carbocycles. The highest BCUT2D eigenvalue weighted by Gasteiger charge is 2.45. The summed E-state index contributed by atoms with van der Waals surface area (Å²) in [6.07, 6.45) is 6.83. The summed E-state index contributed by atoms with van der Waals surface area (Å²) in [5.74, 6) is -0.755.